The molecular weight excluding hydrogens is 409 g/mol. The molecule has 29 heavy (non-hydrogen) atoms. The van der Waals surface area contributed by atoms with Gasteiger partial charge in [0.1, 0.15) is 0 Å². The Morgan fingerprint density at radius 2 is 1.59 bits per heavy atom. The molecule has 0 spiro atoms. The minimum absolute atomic E-state index is 0.201. The fourth-order valence-electron chi connectivity index (χ4n) is 3.60. The Labute approximate surface area is 178 Å². The molecule has 146 valence electrons. The number of Topliss-reactive ketones (excluding diaryl/α,β-unsaturated/α-hetero) is 1. The first-order chi connectivity index (χ1) is 13.9. The molecule has 4 nitrogen and oxygen atoms in total. The lowest BCUT2D eigenvalue weighted by Gasteiger charge is -2.23. The van der Waals surface area contributed by atoms with Gasteiger partial charge >= 0.3 is 0 Å². The Hall–Kier alpha value is -2.66. The second-order valence-electron chi connectivity index (χ2n) is 6.97. The Morgan fingerprint density at radius 3 is 2.31 bits per heavy atom. The topological polar surface area (TPSA) is 57.6 Å². The number of carbonyl (C=O) groups is 2. The Bertz CT molecular complexity index is 1100. The van der Waals surface area contributed by atoms with Gasteiger partial charge in [-0.1, -0.05) is 59.6 Å². The number of anilines is 1. The van der Waals surface area contributed by atoms with E-state index in [1.54, 1.807) is 54.6 Å². The number of rotatable bonds is 5. The zero-order chi connectivity index (χ0) is 20.6. The maximum absolute atomic E-state index is 13.3. The fraction of sp³-hybridized carbons (Fsp3) is 0.130. The summed E-state index contributed by atoms with van der Waals surface area (Å²) in [6.45, 7) is 0.201. The third kappa shape index (κ3) is 3.55. The molecule has 6 heteroatoms. The monoisotopic (exact) mass is 425 g/mol. The van der Waals surface area contributed by atoms with E-state index in [1.165, 1.54) is 4.90 Å². The van der Waals surface area contributed by atoms with Crippen LogP contribution in [0.2, 0.25) is 10.0 Å². The number of nitrogens with zero attached hydrogens (tertiary/aromatic N) is 1. The van der Waals surface area contributed by atoms with Gasteiger partial charge in [0.2, 0.25) is 0 Å². The van der Waals surface area contributed by atoms with Crippen LogP contribution in [0.5, 0.6) is 0 Å². The van der Waals surface area contributed by atoms with E-state index in [2.05, 4.69) is 0 Å². The van der Waals surface area contributed by atoms with Gasteiger partial charge in [0.25, 0.3) is 5.91 Å². The highest BCUT2D eigenvalue weighted by atomic mass is 35.5. The number of fused-ring (bicyclic) bond motifs is 1. The summed E-state index contributed by atoms with van der Waals surface area (Å²) in [5.74, 6) is -0.882. The zero-order valence-corrected chi connectivity index (χ0v) is 16.8. The predicted octanol–water partition coefficient (Wildman–Crippen LogP) is 5.00. The molecule has 0 unspecified atom stereocenters. The van der Waals surface area contributed by atoms with Gasteiger partial charge in [-0.2, -0.15) is 0 Å². The molecule has 0 aromatic heterocycles. The molecule has 1 heterocycles. The van der Waals surface area contributed by atoms with Crippen molar-refractivity contribution >= 4 is 40.6 Å². The first-order valence-electron chi connectivity index (χ1n) is 9.06. The lowest BCUT2D eigenvalue weighted by atomic mass is 9.88. The molecule has 0 aliphatic carbocycles. The zero-order valence-electron chi connectivity index (χ0n) is 15.3. The summed E-state index contributed by atoms with van der Waals surface area (Å²) in [5, 5.41) is 12.4. The summed E-state index contributed by atoms with van der Waals surface area (Å²) in [6.07, 6.45) is -0.358. The molecule has 1 aliphatic heterocycles. The van der Waals surface area contributed by atoms with Gasteiger partial charge in [0.15, 0.2) is 11.4 Å². The largest absolute Gasteiger partial charge is 0.375 e. The van der Waals surface area contributed by atoms with E-state index >= 15 is 0 Å². The van der Waals surface area contributed by atoms with Gasteiger partial charge in [0, 0.05) is 21.2 Å². The van der Waals surface area contributed by atoms with Crippen molar-refractivity contribution in [1.29, 1.82) is 0 Å². The molecule has 3 aromatic carbocycles. The van der Waals surface area contributed by atoms with Gasteiger partial charge in [-0.05, 0) is 42.0 Å². The van der Waals surface area contributed by atoms with E-state index in [4.69, 9.17) is 23.2 Å². The molecule has 0 radical (unpaired) electrons. The summed E-state index contributed by atoms with van der Waals surface area (Å²) in [7, 11) is 0. The number of carbonyl (C=O) groups excluding carboxylic acids is 2. The van der Waals surface area contributed by atoms with Gasteiger partial charge in [-0.15, -0.1) is 0 Å². The average molecular weight is 426 g/mol. The van der Waals surface area contributed by atoms with E-state index < -0.39 is 11.5 Å². The van der Waals surface area contributed by atoms with Crippen molar-refractivity contribution in [2.75, 3.05) is 4.90 Å². The molecule has 1 N–H and O–H groups in total. The van der Waals surface area contributed by atoms with Crippen molar-refractivity contribution in [3.05, 3.63) is 99.5 Å². The van der Waals surface area contributed by atoms with Crippen molar-refractivity contribution in [1.82, 2.24) is 0 Å². The first-order valence-corrected chi connectivity index (χ1v) is 9.82. The molecule has 1 aliphatic rings. The van der Waals surface area contributed by atoms with Crippen LogP contribution in [-0.4, -0.2) is 16.8 Å². The minimum atomic E-state index is -1.94. The van der Waals surface area contributed by atoms with Gasteiger partial charge in [-0.25, -0.2) is 0 Å². The van der Waals surface area contributed by atoms with Crippen molar-refractivity contribution in [3.63, 3.8) is 0 Å². The number of benzene rings is 3. The third-order valence-electron chi connectivity index (χ3n) is 5.11. The van der Waals surface area contributed by atoms with E-state index in [1.807, 2.05) is 18.2 Å². The molecule has 0 saturated carbocycles. The van der Waals surface area contributed by atoms with Crippen LogP contribution in [0, 0.1) is 0 Å². The molecule has 0 bridgehead atoms. The minimum Gasteiger partial charge on any atom is -0.375 e. The van der Waals surface area contributed by atoms with Crippen molar-refractivity contribution in [3.8, 4) is 0 Å². The molecule has 0 fully saturated rings. The van der Waals surface area contributed by atoms with Crippen LogP contribution in [0.15, 0.2) is 72.8 Å². The number of para-hydroxylation sites is 1. The highest BCUT2D eigenvalue weighted by Crippen LogP contribution is 2.43. The predicted molar refractivity (Wildman–Crippen MR) is 113 cm³/mol. The summed E-state index contributed by atoms with van der Waals surface area (Å²) >= 11 is 12.1. The number of halogens is 2. The van der Waals surface area contributed by atoms with E-state index in [0.717, 1.165) is 5.56 Å². The second kappa shape index (κ2) is 7.64. The molecule has 4 rings (SSSR count). The van der Waals surface area contributed by atoms with Crippen LogP contribution >= 0.6 is 23.2 Å². The molecular formula is C23H17Cl2NO3. The van der Waals surface area contributed by atoms with E-state index in [-0.39, 0.29) is 18.7 Å². The fourth-order valence-corrected chi connectivity index (χ4v) is 3.92. The highest BCUT2D eigenvalue weighted by Gasteiger charge is 2.50. The van der Waals surface area contributed by atoms with Crippen molar-refractivity contribution < 1.29 is 14.7 Å². The highest BCUT2D eigenvalue weighted by molar-refractivity contribution is 6.31. The van der Waals surface area contributed by atoms with Crippen LogP contribution in [0.25, 0.3) is 0 Å². The molecule has 3 aromatic rings. The standard InChI is InChI=1S/C23H17Cl2NO3/c24-17-11-9-15(10-12-17)21(27)13-23(29)18-6-2-4-8-20(18)26(22(23)28)14-16-5-1-3-7-19(16)25/h1-12,29H,13-14H2/t23-/m0/s1. The SMILES string of the molecule is O=C(C[C@@]1(O)C(=O)N(Cc2ccccc2Cl)c2ccccc21)c1ccc(Cl)cc1. The number of amides is 1. The summed E-state index contributed by atoms with van der Waals surface area (Å²) < 4.78 is 0. The smallest absolute Gasteiger partial charge is 0.264 e. The van der Waals surface area contributed by atoms with Crippen LogP contribution in [0.1, 0.15) is 27.9 Å². The quantitative estimate of drug-likeness (QED) is 0.585. The van der Waals surface area contributed by atoms with Gasteiger partial charge in [-0.3, -0.25) is 9.59 Å². The normalized spacial score (nSPS) is 18.0. The average Bonchev–Trinajstić information content (AvgIpc) is 2.92. The first kappa shape index (κ1) is 19.6. The van der Waals surface area contributed by atoms with Crippen molar-refractivity contribution in [2.45, 2.75) is 18.6 Å². The van der Waals surface area contributed by atoms with Crippen LogP contribution in [0.4, 0.5) is 5.69 Å². The Morgan fingerprint density at radius 1 is 0.931 bits per heavy atom. The van der Waals surface area contributed by atoms with Crippen LogP contribution in [0.3, 0.4) is 0 Å². The lowest BCUT2D eigenvalue weighted by molar-refractivity contribution is -0.136. The maximum Gasteiger partial charge on any atom is 0.264 e. The summed E-state index contributed by atoms with van der Waals surface area (Å²) in [6, 6.07) is 20.6. The second-order valence-corrected chi connectivity index (χ2v) is 7.81. The molecule has 1 amide bonds. The number of hydrogen-bond acceptors (Lipinski definition) is 3. The van der Waals surface area contributed by atoms with E-state index in [9.17, 15) is 14.7 Å². The van der Waals surface area contributed by atoms with Gasteiger partial charge < -0.3 is 10.0 Å². The lowest BCUT2D eigenvalue weighted by Crippen LogP contribution is -2.41. The molecule has 0 saturated heterocycles. The number of hydrogen-bond donors (Lipinski definition) is 1. The van der Waals surface area contributed by atoms with E-state index in [0.29, 0.717) is 26.9 Å². The Kier molecular flexibility index (Phi) is 5.17. The number of aliphatic hydroxyl groups is 1. The summed E-state index contributed by atoms with van der Waals surface area (Å²) in [4.78, 5) is 27.6. The Balaban J connectivity index is 1.69. The summed E-state index contributed by atoms with van der Waals surface area (Å²) in [5.41, 5.74) is 0.195. The van der Waals surface area contributed by atoms with Crippen LogP contribution in [-0.2, 0) is 16.9 Å². The third-order valence-corrected chi connectivity index (χ3v) is 5.73. The van der Waals surface area contributed by atoms with Gasteiger partial charge in [0.05, 0.1) is 18.7 Å². The van der Waals surface area contributed by atoms with Crippen LogP contribution < -0.4 is 4.90 Å². The van der Waals surface area contributed by atoms with Crippen molar-refractivity contribution in [2.24, 2.45) is 0 Å². The molecule has 1 atom stereocenters. The maximum atomic E-state index is 13.3. The number of ketones is 1.